The molecular formula is C25H36O7. The Morgan fingerprint density at radius 3 is 2.34 bits per heavy atom. The second-order valence-electron chi connectivity index (χ2n) is 11.4. The van der Waals surface area contributed by atoms with E-state index in [1.54, 1.807) is 0 Å². The Kier molecular flexibility index (Phi) is 4.98. The molecule has 0 aromatic carbocycles. The average molecular weight is 449 g/mol. The summed E-state index contributed by atoms with van der Waals surface area (Å²) in [5.74, 6) is -0.0507. The largest absolute Gasteiger partial charge is 0.469 e. The van der Waals surface area contributed by atoms with E-state index in [4.69, 9.17) is 18.9 Å². The fraction of sp³-hybridized carbons (Fsp3) is 0.880. The summed E-state index contributed by atoms with van der Waals surface area (Å²) in [7, 11) is 1.45. The van der Waals surface area contributed by atoms with Crippen LogP contribution in [-0.2, 0) is 33.3 Å². The normalized spacial score (nSPS) is 50.7. The fourth-order valence-electron chi connectivity index (χ4n) is 8.89. The maximum Gasteiger partial charge on any atom is 0.309 e. The van der Waals surface area contributed by atoms with Crippen molar-refractivity contribution in [1.29, 1.82) is 0 Å². The van der Waals surface area contributed by atoms with Crippen molar-refractivity contribution in [2.75, 3.05) is 7.11 Å². The first-order valence-electron chi connectivity index (χ1n) is 12.2. The zero-order valence-corrected chi connectivity index (χ0v) is 19.8. The van der Waals surface area contributed by atoms with Crippen LogP contribution in [0.25, 0.3) is 0 Å². The van der Waals surface area contributed by atoms with Gasteiger partial charge in [-0.3, -0.25) is 14.4 Å². The molecule has 5 rings (SSSR count). The van der Waals surface area contributed by atoms with Crippen molar-refractivity contribution in [1.82, 2.24) is 0 Å². The minimum absolute atomic E-state index is 0.0182. The molecule has 4 aliphatic carbocycles. The van der Waals surface area contributed by atoms with Gasteiger partial charge in [-0.25, -0.2) is 0 Å². The second kappa shape index (κ2) is 7.18. The molecule has 0 aromatic heterocycles. The molecule has 7 nitrogen and oxygen atoms in total. The van der Waals surface area contributed by atoms with E-state index in [-0.39, 0.29) is 65.0 Å². The number of fused-ring (bicyclic) bond motifs is 3. The van der Waals surface area contributed by atoms with Gasteiger partial charge in [-0.05, 0) is 62.2 Å². The van der Waals surface area contributed by atoms with E-state index in [9.17, 15) is 14.4 Å². The first-order chi connectivity index (χ1) is 15.1. The van der Waals surface area contributed by atoms with Gasteiger partial charge in [0.1, 0.15) is 17.8 Å². The number of carbonyl (C=O) groups excluding carboxylic acids is 3. The molecule has 1 aliphatic heterocycles. The number of ether oxygens (including phenoxy) is 4. The number of hydrogen-bond donors (Lipinski definition) is 0. The molecule has 4 saturated carbocycles. The SMILES string of the molecule is COC(=O)[C@@H]1C[C@@H]2O[C@@]23[C@@H]2CC[C@@H]4C[C@H](OC(C)=O)CC[C@]4(C)[C@@H]2[C@H](OC(C)=O)C[C@]13C. The van der Waals surface area contributed by atoms with Gasteiger partial charge in [-0.2, -0.15) is 0 Å². The van der Waals surface area contributed by atoms with Crippen molar-refractivity contribution in [3.63, 3.8) is 0 Å². The molecule has 0 radical (unpaired) electrons. The Balaban J connectivity index is 1.50. The van der Waals surface area contributed by atoms with Crippen molar-refractivity contribution < 1.29 is 33.3 Å². The zero-order valence-electron chi connectivity index (χ0n) is 19.8. The summed E-state index contributed by atoms with van der Waals surface area (Å²) in [5.41, 5.74) is -0.742. The molecule has 1 heterocycles. The quantitative estimate of drug-likeness (QED) is 0.371. The molecule has 0 aromatic rings. The van der Waals surface area contributed by atoms with Crippen LogP contribution < -0.4 is 0 Å². The molecule has 1 saturated heterocycles. The summed E-state index contributed by atoms with van der Waals surface area (Å²) >= 11 is 0. The molecular weight excluding hydrogens is 412 g/mol. The standard InChI is InChI=1S/C25H36O7/c1-13(26)30-16-8-9-23(3)15(10-16)6-7-17-21(23)19(31-14(2)27)12-24(4)18(22(28)29-5)11-20-25(17,24)32-20/h15-21H,6-12H2,1-5H3/t15-,16-,17-,18+,19-,20+,21+,23+,24-,25+/m1/s1. The molecule has 7 heteroatoms. The van der Waals surface area contributed by atoms with Gasteiger partial charge in [-0.1, -0.05) is 13.8 Å². The Bertz CT molecular complexity index is 840. The minimum atomic E-state index is -0.399. The van der Waals surface area contributed by atoms with E-state index in [0.717, 1.165) is 32.1 Å². The van der Waals surface area contributed by atoms with Crippen molar-refractivity contribution in [3.8, 4) is 0 Å². The van der Waals surface area contributed by atoms with E-state index in [1.165, 1.54) is 21.0 Å². The number of methoxy groups -OCH3 is 1. The highest BCUT2D eigenvalue weighted by atomic mass is 16.6. The highest BCUT2D eigenvalue weighted by Crippen LogP contribution is 2.76. The molecule has 5 fully saturated rings. The van der Waals surface area contributed by atoms with Crippen molar-refractivity contribution in [2.24, 2.45) is 34.5 Å². The van der Waals surface area contributed by atoms with Crippen LogP contribution in [0.3, 0.4) is 0 Å². The number of epoxide rings is 1. The Hall–Kier alpha value is -1.63. The number of carbonyl (C=O) groups is 3. The fourth-order valence-corrected chi connectivity index (χ4v) is 8.89. The van der Waals surface area contributed by atoms with Gasteiger partial charge in [0.25, 0.3) is 0 Å². The molecule has 0 unspecified atom stereocenters. The van der Waals surface area contributed by atoms with Crippen molar-refractivity contribution in [2.45, 2.75) is 96.6 Å². The van der Waals surface area contributed by atoms with Crippen LogP contribution >= 0.6 is 0 Å². The highest BCUT2D eigenvalue weighted by molar-refractivity contribution is 5.75. The van der Waals surface area contributed by atoms with Gasteiger partial charge in [0.15, 0.2) is 0 Å². The summed E-state index contributed by atoms with van der Waals surface area (Å²) in [6.07, 6.45) is 5.78. The Labute approximate surface area is 189 Å². The summed E-state index contributed by atoms with van der Waals surface area (Å²) in [5, 5.41) is 0. The van der Waals surface area contributed by atoms with Crippen LogP contribution in [-0.4, -0.2) is 48.9 Å². The van der Waals surface area contributed by atoms with Crippen LogP contribution in [0.15, 0.2) is 0 Å². The van der Waals surface area contributed by atoms with Crippen LogP contribution in [0.1, 0.15) is 72.6 Å². The van der Waals surface area contributed by atoms with Gasteiger partial charge >= 0.3 is 17.9 Å². The lowest BCUT2D eigenvalue weighted by atomic mass is 9.43. The van der Waals surface area contributed by atoms with Crippen LogP contribution in [0.5, 0.6) is 0 Å². The third-order valence-corrected chi connectivity index (χ3v) is 10.1. The predicted molar refractivity (Wildman–Crippen MR) is 113 cm³/mol. The van der Waals surface area contributed by atoms with Crippen LogP contribution in [0, 0.1) is 34.5 Å². The van der Waals surface area contributed by atoms with Gasteiger partial charge in [0.05, 0.1) is 19.1 Å². The zero-order chi connectivity index (χ0) is 23.1. The van der Waals surface area contributed by atoms with Crippen LogP contribution in [0.2, 0.25) is 0 Å². The smallest absolute Gasteiger partial charge is 0.309 e. The first-order valence-corrected chi connectivity index (χ1v) is 12.2. The lowest BCUT2D eigenvalue weighted by molar-refractivity contribution is -0.211. The average Bonchev–Trinajstić information content (AvgIpc) is 3.38. The predicted octanol–water partition coefficient (Wildman–Crippen LogP) is 3.42. The number of esters is 3. The summed E-state index contributed by atoms with van der Waals surface area (Å²) < 4.78 is 23.3. The van der Waals surface area contributed by atoms with E-state index >= 15 is 0 Å². The highest BCUT2D eigenvalue weighted by Gasteiger charge is 2.83. The Morgan fingerprint density at radius 2 is 1.69 bits per heavy atom. The molecule has 5 aliphatic rings. The lowest BCUT2D eigenvalue weighted by Gasteiger charge is -2.62. The first kappa shape index (κ1) is 22.2. The van der Waals surface area contributed by atoms with Crippen LogP contribution in [0.4, 0.5) is 0 Å². The second-order valence-corrected chi connectivity index (χ2v) is 11.4. The molecule has 178 valence electrons. The van der Waals surface area contributed by atoms with Gasteiger partial charge in [-0.15, -0.1) is 0 Å². The Morgan fingerprint density at radius 1 is 0.969 bits per heavy atom. The van der Waals surface area contributed by atoms with Crippen molar-refractivity contribution in [3.05, 3.63) is 0 Å². The molecule has 0 N–H and O–H groups in total. The third kappa shape index (κ3) is 2.85. The molecule has 10 atom stereocenters. The molecule has 0 amide bonds. The van der Waals surface area contributed by atoms with Crippen molar-refractivity contribution >= 4 is 17.9 Å². The maximum absolute atomic E-state index is 12.7. The summed E-state index contributed by atoms with van der Waals surface area (Å²) in [6.45, 7) is 7.45. The molecule has 0 bridgehead atoms. The molecule has 32 heavy (non-hydrogen) atoms. The van der Waals surface area contributed by atoms with Gasteiger partial charge in [0, 0.05) is 25.2 Å². The van der Waals surface area contributed by atoms with E-state index in [1.807, 2.05) is 0 Å². The van der Waals surface area contributed by atoms with Gasteiger partial charge < -0.3 is 18.9 Å². The third-order valence-electron chi connectivity index (χ3n) is 10.1. The monoisotopic (exact) mass is 448 g/mol. The maximum atomic E-state index is 12.7. The molecule has 1 spiro atoms. The minimum Gasteiger partial charge on any atom is -0.469 e. The topological polar surface area (TPSA) is 91.4 Å². The van der Waals surface area contributed by atoms with E-state index in [0.29, 0.717) is 18.8 Å². The summed E-state index contributed by atoms with van der Waals surface area (Å²) in [6, 6.07) is 0. The number of rotatable bonds is 3. The van der Waals surface area contributed by atoms with E-state index < -0.39 is 5.41 Å². The number of hydrogen-bond acceptors (Lipinski definition) is 7. The van der Waals surface area contributed by atoms with E-state index in [2.05, 4.69) is 13.8 Å². The van der Waals surface area contributed by atoms with Gasteiger partial charge in [0.2, 0.25) is 0 Å². The summed E-state index contributed by atoms with van der Waals surface area (Å²) in [4.78, 5) is 36.4. The lowest BCUT2D eigenvalue weighted by Crippen LogP contribution is -2.64.